The van der Waals surface area contributed by atoms with Gasteiger partial charge in [-0.25, -0.2) is 0 Å². The average molecular weight is 388 g/mol. The number of rotatable bonds is 2. The second-order valence-electron chi connectivity index (χ2n) is 4.64. The molecule has 3 aromatic rings. The molecular formula is C18H12Br2. The Labute approximate surface area is 135 Å². The third-order valence-electron chi connectivity index (χ3n) is 3.16. The van der Waals surface area contributed by atoms with Gasteiger partial charge < -0.3 is 0 Å². The second-order valence-corrected chi connectivity index (χ2v) is 6.47. The van der Waals surface area contributed by atoms with Gasteiger partial charge in [0, 0.05) is 8.95 Å². The van der Waals surface area contributed by atoms with Gasteiger partial charge in [-0.3, -0.25) is 0 Å². The van der Waals surface area contributed by atoms with Gasteiger partial charge in [0.25, 0.3) is 0 Å². The van der Waals surface area contributed by atoms with E-state index >= 15 is 0 Å². The van der Waals surface area contributed by atoms with Crippen molar-refractivity contribution in [3.63, 3.8) is 0 Å². The molecule has 0 unspecified atom stereocenters. The zero-order chi connectivity index (χ0) is 13.9. The van der Waals surface area contributed by atoms with E-state index in [2.05, 4.69) is 105 Å². The summed E-state index contributed by atoms with van der Waals surface area (Å²) < 4.78 is 2.22. The maximum atomic E-state index is 3.50. The first kappa shape index (κ1) is 13.6. The van der Waals surface area contributed by atoms with Crippen molar-refractivity contribution in [1.82, 2.24) is 0 Å². The number of hydrogen-bond donors (Lipinski definition) is 0. The molecule has 0 saturated heterocycles. The zero-order valence-corrected chi connectivity index (χ0v) is 13.9. The predicted molar refractivity (Wildman–Crippen MR) is 94.7 cm³/mol. The van der Waals surface area contributed by atoms with E-state index in [0.717, 1.165) is 8.95 Å². The lowest BCUT2D eigenvalue weighted by atomic mass is 10.1. The van der Waals surface area contributed by atoms with Crippen molar-refractivity contribution in [3.05, 3.63) is 80.7 Å². The molecule has 2 heteroatoms. The molecule has 0 radical (unpaired) electrons. The summed E-state index contributed by atoms with van der Waals surface area (Å²) in [5.41, 5.74) is 2.41. The van der Waals surface area contributed by atoms with Crippen LogP contribution >= 0.6 is 31.9 Å². The van der Waals surface area contributed by atoms with E-state index in [-0.39, 0.29) is 0 Å². The molecule has 98 valence electrons. The highest BCUT2D eigenvalue weighted by Gasteiger charge is 1.96. The lowest BCUT2D eigenvalue weighted by Gasteiger charge is -2.01. The van der Waals surface area contributed by atoms with Crippen molar-refractivity contribution in [2.24, 2.45) is 0 Å². The standard InChI is InChI=1S/C18H12Br2/c19-17-8-4-13(5-9-17)1-2-14-3-6-16-12-18(20)10-7-15(16)11-14/h1-12H. The Morgan fingerprint density at radius 2 is 1.10 bits per heavy atom. The number of halogens is 2. The van der Waals surface area contributed by atoms with Gasteiger partial charge in [-0.15, -0.1) is 0 Å². The molecule has 3 aromatic carbocycles. The van der Waals surface area contributed by atoms with Crippen LogP contribution in [-0.2, 0) is 0 Å². The van der Waals surface area contributed by atoms with Gasteiger partial charge in [0.05, 0.1) is 0 Å². The first-order chi connectivity index (χ1) is 9.70. The van der Waals surface area contributed by atoms with Crippen LogP contribution in [0.2, 0.25) is 0 Å². The Kier molecular flexibility index (Phi) is 4.04. The molecule has 0 heterocycles. The Morgan fingerprint density at radius 1 is 0.550 bits per heavy atom. The average Bonchev–Trinajstić information content (AvgIpc) is 2.46. The highest BCUT2D eigenvalue weighted by Crippen LogP contribution is 2.22. The monoisotopic (exact) mass is 386 g/mol. The van der Waals surface area contributed by atoms with Gasteiger partial charge in [0.1, 0.15) is 0 Å². The summed E-state index contributed by atoms with van der Waals surface area (Å²) in [6.45, 7) is 0. The highest BCUT2D eigenvalue weighted by molar-refractivity contribution is 9.10. The molecule has 0 spiro atoms. The topological polar surface area (TPSA) is 0 Å². The second kappa shape index (κ2) is 5.94. The van der Waals surface area contributed by atoms with Gasteiger partial charge in [0.2, 0.25) is 0 Å². The van der Waals surface area contributed by atoms with E-state index in [9.17, 15) is 0 Å². The zero-order valence-electron chi connectivity index (χ0n) is 10.7. The van der Waals surface area contributed by atoms with Crippen molar-refractivity contribution in [3.8, 4) is 0 Å². The normalized spacial score (nSPS) is 11.3. The summed E-state index contributed by atoms with van der Waals surface area (Å²) in [6.07, 6.45) is 4.27. The predicted octanol–water partition coefficient (Wildman–Crippen LogP) is 6.54. The number of hydrogen-bond acceptors (Lipinski definition) is 0. The molecule has 0 saturated carbocycles. The van der Waals surface area contributed by atoms with E-state index in [0.29, 0.717) is 0 Å². The Morgan fingerprint density at radius 3 is 1.90 bits per heavy atom. The molecular weight excluding hydrogens is 376 g/mol. The molecule has 0 bridgehead atoms. The van der Waals surface area contributed by atoms with Crippen LogP contribution in [0.3, 0.4) is 0 Å². The van der Waals surface area contributed by atoms with E-state index in [4.69, 9.17) is 0 Å². The van der Waals surface area contributed by atoms with Gasteiger partial charge in [-0.2, -0.15) is 0 Å². The third kappa shape index (κ3) is 3.20. The fourth-order valence-corrected chi connectivity index (χ4v) is 2.75. The number of benzene rings is 3. The van der Waals surface area contributed by atoms with Gasteiger partial charge in [-0.05, 0) is 52.2 Å². The summed E-state index contributed by atoms with van der Waals surface area (Å²) in [6, 6.07) is 21.1. The van der Waals surface area contributed by atoms with Crippen molar-refractivity contribution in [2.45, 2.75) is 0 Å². The maximum absolute atomic E-state index is 3.50. The summed E-state index contributed by atoms with van der Waals surface area (Å²) in [7, 11) is 0. The first-order valence-electron chi connectivity index (χ1n) is 6.34. The summed E-state index contributed by atoms with van der Waals surface area (Å²) in [5.74, 6) is 0. The van der Waals surface area contributed by atoms with Crippen LogP contribution < -0.4 is 0 Å². The molecule has 3 rings (SSSR count). The minimum atomic E-state index is 1.10. The van der Waals surface area contributed by atoms with Crippen molar-refractivity contribution < 1.29 is 0 Å². The van der Waals surface area contributed by atoms with Crippen LogP contribution in [0, 0.1) is 0 Å². The Bertz CT molecular complexity index is 771. The van der Waals surface area contributed by atoms with Gasteiger partial charge in [0.15, 0.2) is 0 Å². The van der Waals surface area contributed by atoms with Crippen LogP contribution in [-0.4, -0.2) is 0 Å². The molecule has 0 amide bonds. The van der Waals surface area contributed by atoms with Gasteiger partial charge >= 0.3 is 0 Å². The molecule has 0 aliphatic heterocycles. The highest BCUT2D eigenvalue weighted by atomic mass is 79.9. The molecule has 0 fully saturated rings. The number of fused-ring (bicyclic) bond motifs is 1. The molecule has 0 aromatic heterocycles. The summed E-state index contributed by atoms with van der Waals surface area (Å²) in [4.78, 5) is 0. The van der Waals surface area contributed by atoms with E-state index < -0.39 is 0 Å². The molecule has 20 heavy (non-hydrogen) atoms. The van der Waals surface area contributed by atoms with Crippen LogP contribution in [0.1, 0.15) is 11.1 Å². The first-order valence-corrected chi connectivity index (χ1v) is 7.92. The Hall–Kier alpha value is -1.38. The summed E-state index contributed by atoms with van der Waals surface area (Å²) in [5, 5.41) is 2.51. The fourth-order valence-electron chi connectivity index (χ4n) is 2.11. The van der Waals surface area contributed by atoms with Crippen molar-refractivity contribution in [2.75, 3.05) is 0 Å². The molecule has 0 aliphatic rings. The van der Waals surface area contributed by atoms with E-state index in [1.807, 2.05) is 0 Å². The third-order valence-corrected chi connectivity index (χ3v) is 4.19. The lowest BCUT2D eigenvalue weighted by molar-refractivity contribution is 1.61. The largest absolute Gasteiger partial charge is 0.0544 e. The summed E-state index contributed by atoms with van der Waals surface area (Å²) >= 11 is 6.95. The minimum absolute atomic E-state index is 1.10. The van der Waals surface area contributed by atoms with Crippen molar-refractivity contribution >= 4 is 54.8 Å². The molecule has 0 N–H and O–H groups in total. The fraction of sp³-hybridized carbons (Fsp3) is 0. The maximum Gasteiger partial charge on any atom is 0.0181 e. The lowest BCUT2D eigenvalue weighted by Crippen LogP contribution is -1.76. The van der Waals surface area contributed by atoms with Crippen LogP contribution in [0.5, 0.6) is 0 Å². The quantitative estimate of drug-likeness (QED) is 0.438. The van der Waals surface area contributed by atoms with Crippen molar-refractivity contribution in [1.29, 1.82) is 0 Å². The van der Waals surface area contributed by atoms with Crippen LogP contribution in [0.25, 0.3) is 22.9 Å². The SMILES string of the molecule is Brc1ccc(C=Cc2ccc3cc(Br)ccc3c2)cc1. The van der Waals surface area contributed by atoms with Crippen LogP contribution in [0.4, 0.5) is 0 Å². The molecule has 0 aliphatic carbocycles. The smallest absolute Gasteiger partial charge is 0.0181 e. The molecule has 0 atom stereocenters. The Balaban J connectivity index is 1.90. The van der Waals surface area contributed by atoms with E-state index in [1.165, 1.54) is 21.9 Å². The van der Waals surface area contributed by atoms with Gasteiger partial charge in [-0.1, -0.05) is 74.3 Å². The van der Waals surface area contributed by atoms with E-state index in [1.54, 1.807) is 0 Å². The van der Waals surface area contributed by atoms with Crippen LogP contribution in [0.15, 0.2) is 69.6 Å². The minimum Gasteiger partial charge on any atom is -0.0544 e. The molecule has 0 nitrogen and oxygen atoms in total.